The van der Waals surface area contributed by atoms with Crippen molar-refractivity contribution in [1.29, 1.82) is 0 Å². The first-order valence-corrected chi connectivity index (χ1v) is 12.5. The molecule has 0 unspecified atom stereocenters. The van der Waals surface area contributed by atoms with E-state index in [1.54, 1.807) is 11.5 Å². The number of carbonyl (C=O) groups is 1. The number of carbonyl (C=O) groups excluding carboxylic acids is 1. The SMILES string of the molecule is O=C(NCc1ccccc1)Nc1ccc(CCN2CCN(c3nsc4ccccc34)CC2)cc1. The zero-order valence-corrected chi connectivity index (χ0v) is 19.9. The highest BCUT2D eigenvalue weighted by Gasteiger charge is 2.20. The van der Waals surface area contributed by atoms with Crippen LogP contribution >= 0.6 is 11.5 Å². The Hall–Kier alpha value is -3.42. The summed E-state index contributed by atoms with van der Waals surface area (Å²) in [6.45, 7) is 5.66. The Morgan fingerprint density at radius 3 is 2.38 bits per heavy atom. The highest BCUT2D eigenvalue weighted by Crippen LogP contribution is 2.29. The topological polar surface area (TPSA) is 60.5 Å². The van der Waals surface area contributed by atoms with Crippen molar-refractivity contribution in [3.8, 4) is 0 Å². The third-order valence-electron chi connectivity index (χ3n) is 6.25. The average molecular weight is 472 g/mol. The molecule has 1 aliphatic rings. The lowest BCUT2D eigenvalue weighted by Crippen LogP contribution is -2.47. The second-order valence-electron chi connectivity index (χ2n) is 8.57. The molecular formula is C27H29N5OS. The van der Waals surface area contributed by atoms with Crippen LogP contribution < -0.4 is 15.5 Å². The number of hydrogen-bond donors (Lipinski definition) is 2. The Labute approximate surface area is 204 Å². The number of amides is 2. The third-order valence-corrected chi connectivity index (χ3v) is 7.07. The summed E-state index contributed by atoms with van der Waals surface area (Å²) in [6.07, 6.45) is 1.00. The van der Waals surface area contributed by atoms with Crippen LogP contribution in [0.5, 0.6) is 0 Å². The molecule has 34 heavy (non-hydrogen) atoms. The van der Waals surface area contributed by atoms with E-state index in [9.17, 15) is 4.79 Å². The molecule has 2 N–H and O–H groups in total. The number of rotatable bonds is 7. The summed E-state index contributed by atoms with van der Waals surface area (Å²) in [5.41, 5.74) is 3.16. The predicted octanol–water partition coefficient (Wildman–Crippen LogP) is 4.98. The smallest absolute Gasteiger partial charge is 0.319 e. The first kappa shape index (κ1) is 22.4. The molecule has 1 aromatic heterocycles. The van der Waals surface area contributed by atoms with E-state index in [1.165, 1.54) is 15.6 Å². The van der Waals surface area contributed by atoms with Crippen molar-refractivity contribution in [2.75, 3.05) is 42.9 Å². The standard InChI is InChI=1S/C27H29N5OS/c33-27(28-20-22-6-2-1-3-7-22)29-23-12-10-21(11-13-23)14-15-31-16-18-32(19-17-31)26-24-8-4-5-9-25(24)34-30-26/h1-13H,14-20H2,(H2,28,29,33). The van der Waals surface area contributed by atoms with E-state index in [0.29, 0.717) is 6.54 Å². The number of nitrogens with one attached hydrogen (secondary N) is 2. The Kier molecular flexibility index (Phi) is 7.02. The fourth-order valence-corrected chi connectivity index (χ4v) is 5.08. The minimum atomic E-state index is -0.192. The van der Waals surface area contributed by atoms with E-state index >= 15 is 0 Å². The first-order valence-electron chi connectivity index (χ1n) is 11.7. The summed E-state index contributed by atoms with van der Waals surface area (Å²) >= 11 is 1.59. The van der Waals surface area contributed by atoms with Crippen molar-refractivity contribution < 1.29 is 4.79 Å². The minimum Gasteiger partial charge on any atom is -0.353 e. The van der Waals surface area contributed by atoms with Crippen LogP contribution in [0.25, 0.3) is 10.1 Å². The third kappa shape index (κ3) is 5.55. The quantitative estimate of drug-likeness (QED) is 0.399. The van der Waals surface area contributed by atoms with Crippen molar-refractivity contribution in [1.82, 2.24) is 14.6 Å². The zero-order valence-electron chi connectivity index (χ0n) is 19.1. The molecule has 174 valence electrons. The molecule has 6 nitrogen and oxygen atoms in total. The van der Waals surface area contributed by atoms with Crippen LogP contribution in [-0.2, 0) is 13.0 Å². The number of benzene rings is 3. The molecule has 0 spiro atoms. The van der Waals surface area contributed by atoms with Crippen LogP contribution in [0.3, 0.4) is 0 Å². The van der Waals surface area contributed by atoms with Gasteiger partial charge in [0.2, 0.25) is 0 Å². The van der Waals surface area contributed by atoms with Gasteiger partial charge in [-0.15, -0.1) is 0 Å². The molecule has 4 aromatic rings. The summed E-state index contributed by atoms with van der Waals surface area (Å²) in [7, 11) is 0. The van der Waals surface area contributed by atoms with Crippen molar-refractivity contribution >= 4 is 39.2 Å². The number of piperazine rings is 1. The summed E-state index contributed by atoms with van der Waals surface area (Å²) in [6, 6.07) is 26.3. The van der Waals surface area contributed by atoms with E-state index < -0.39 is 0 Å². The van der Waals surface area contributed by atoms with Crippen molar-refractivity contribution in [3.05, 3.63) is 90.0 Å². The van der Waals surface area contributed by atoms with Crippen LogP contribution in [0, 0.1) is 0 Å². The van der Waals surface area contributed by atoms with Gasteiger partial charge in [-0.25, -0.2) is 4.79 Å². The van der Waals surface area contributed by atoms with E-state index in [-0.39, 0.29) is 6.03 Å². The molecular weight excluding hydrogens is 442 g/mol. The lowest BCUT2D eigenvalue weighted by atomic mass is 10.1. The first-order chi connectivity index (χ1) is 16.7. The normalized spacial score (nSPS) is 14.3. The fraction of sp³-hybridized carbons (Fsp3) is 0.259. The number of anilines is 2. The van der Waals surface area contributed by atoms with Crippen LogP contribution in [0.1, 0.15) is 11.1 Å². The molecule has 0 atom stereocenters. The van der Waals surface area contributed by atoms with E-state index in [2.05, 4.69) is 56.8 Å². The second-order valence-corrected chi connectivity index (χ2v) is 9.38. The van der Waals surface area contributed by atoms with Crippen molar-refractivity contribution in [2.24, 2.45) is 0 Å². The molecule has 1 aliphatic heterocycles. The molecule has 3 aromatic carbocycles. The molecule has 1 saturated heterocycles. The van der Waals surface area contributed by atoms with Gasteiger partial charge < -0.3 is 15.5 Å². The van der Waals surface area contributed by atoms with Crippen LogP contribution in [0.2, 0.25) is 0 Å². The van der Waals surface area contributed by atoms with Gasteiger partial charge in [0.15, 0.2) is 0 Å². The number of aromatic nitrogens is 1. The van der Waals surface area contributed by atoms with Gasteiger partial charge in [-0.1, -0.05) is 54.6 Å². The molecule has 0 aliphatic carbocycles. The molecule has 0 radical (unpaired) electrons. The van der Waals surface area contributed by atoms with Crippen molar-refractivity contribution in [3.63, 3.8) is 0 Å². The summed E-state index contributed by atoms with van der Waals surface area (Å²) in [4.78, 5) is 17.1. The van der Waals surface area contributed by atoms with Gasteiger partial charge in [-0.2, -0.15) is 4.37 Å². The van der Waals surface area contributed by atoms with Crippen LogP contribution in [0.4, 0.5) is 16.3 Å². The maximum absolute atomic E-state index is 12.2. The Morgan fingerprint density at radius 1 is 0.853 bits per heavy atom. The fourth-order valence-electron chi connectivity index (χ4n) is 4.28. The van der Waals surface area contributed by atoms with Crippen LogP contribution in [0.15, 0.2) is 78.9 Å². The lowest BCUT2D eigenvalue weighted by molar-refractivity contribution is 0.251. The van der Waals surface area contributed by atoms with E-state index in [0.717, 1.165) is 56.2 Å². The van der Waals surface area contributed by atoms with Crippen LogP contribution in [-0.4, -0.2) is 48.0 Å². The van der Waals surface area contributed by atoms with Crippen molar-refractivity contribution in [2.45, 2.75) is 13.0 Å². The Bertz CT molecular complexity index is 1220. The van der Waals surface area contributed by atoms with Gasteiger partial charge in [0.05, 0.1) is 4.70 Å². The minimum absolute atomic E-state index is 0.192. The summed E-state index contributed by atoms with van der Waals surface area (Å²) in [5, 5.41) is 7.06. The second kappa shape index (κ2) is 10.7. The molecule has 0 bridgehead atoms. The monoisotopic (exact) mass is 471 g/mol. The maximum atomic E-state index is 12.2. The lowest BCUT2D eigenvalue weighted by Gasteiger charge is -2.35. The molecule has 2 amide bonds. The van der Waals surface area contributed by atoms with Gasteiger partial charge in [0.1, 0.15) is 5.82 Å². The van der Waals surface area contributed by atoms with E-state index in [4.69, 9.17) is 4.37 Å². The van der Waals surface area contributed by atoms with Gasteiger partial charge in [0, 0.05) is 50.3 Å². The van der Waals surface area contributed by atoms with Gasteiger partial charge in [-0.3, -0.25) is 4.90 Å². The maximum Gasteiger partial charge on any atom is 0.319 e. The summed E-state index contributed by atoms with van der Waals surface area (Å²) < 4.78 is 5.96. The number of fused-ring (bicyclic) bond motifs is 1. The molecule has 5 rings (SSSR count). The zero-order chi connectivity index (χ0) is 23.2. The average Bonchev–Trinajstić information content (AvgIpc) is 3.32. The molecule has 0 saturated carbocycles. The number of hydrogen-bond acceptors (Lipinski definition) is 5. The van der Waals surface area contributed by atoms with Gasteiger partial charge in [-0.05, 0) is 53.3 Å². The Balaban J connectivity index is 1.05. The largest absolute Gasteiger partial charge is 0.353 e. The summed E-state index contributed by atoms with van der Waals surface area (Å²) in [5.74, 6) is 1.14. The molecule has 2 heterocycles. The predicted molar refractivity (Wildman–Crippen MR) is 141 cm³/mol. The number of urea groups is 1. The molecule has 7 heteroatoms. The molecule has 1 fully saturated rings. The highest BCUT2D eigenvalue weighted by molar-refractivity contribution is 7.13. The van der Waals surface area contributed by atoms with Gasteiger partial charge >= 0.3 is 6.03 Å². The van der Waals surface area contributed by atoms with Gasteiger partial charge in [0.25, 0.3) is 0 Å². The Morgan fingerprint density at radius 2 is 1.59 bits per heavy atom. The van der Waals surface area contributed by atoms with E-state index in [1.807, 2.05) is 42.5 Å². The number of nitrogens with zero attached hydrogens (tertiary/aromatic N) is 3. The highest BCUT2D eigenvalue weighted by atomic mass is 32.1.